The summed E-state index contributed by atoms with van der Waals surface area (Å²) in [6.45, 7) is 6.72. The summed E-state index contributed by atoms with van der Waals surface area (Å²) in [5, 5.41) is 6.74. The van der Waals surface area contributed by atoms with E-state index in [0.717, 1.165) is 15.1 Å². The van der Waals surface area contributed by atoms with E-state index in [1.54, 1.807) is 55.7 Å². The van der Waals surface area contributed by atoms with E-state index in [1.807, 2.05) is 13.0 Å². The molecule has 4 rings (SSSR count). The molecule has 3 amide bonds. The van der Waals surface area contributed by atoms with Gasteiger partial charge in [0, 0.05) is 27.5 Å². The van der Waals surface area contributed by atoms with Crippen LogP contribution in [0.25, 0.3) is 5.82 Å². The van der Waals surface area contributed by atoms with Gasteiger partial charge in [-0.3, -0.25) is 19.1 Å². The Morgan fingerprint density at radius 2 is 1.94 bits per heavy atom. The van der Waals surface area contributed by atoms with E-state index in [9.17, 15) is 14.4 Å². The van der Waals surface area contributed by atoms with Crippen LogP contribution in [0.2, 0.25) is 0 Å². The molecule has 2 aromatic heterocycles. The average Bonchev–Trinajstić information content (AvgIpc) is 3.33. The van der Waals surface area contributed by atoms with Gasteiger partial charge >= 0.3 is 6.03 Å². The molecule has 0 spiro atoms. The van der Waals surface area contributed by atoms with Crippen molar-refractivity contribution in [3.05, 3.63) is 69.1 Å². The molecule has 0 saturated carbocycles. The summed E-state index contributed by atoms with van der Waals surface area (Å²) in [4.78, 5) is 39.8. The second-order valence-electron chi connectivity index (χ2n) is 7.80. The highest BCUT2D eigenvalue weighted by Crippen LogP contribution is 2.31. The lowest BCUT2D eigenvalue weighted by Gasteiger charge is -2.22. The number of carbonyl (C=O) groups excluding carboxylic acids is 3. The lowest BCUT2D eigenvalue weighted by molar-refractivity contribution is -0.130. The molecule has 0 unspecified atom stereocenters. The lowest BCUT2D eigenvalue weighted by atomic mass is 9.92. The molecule has 9 heteroatoms. The number of ketones is 1. The van der Waals surface area contributed by atoms with Crippen LogP contribution in [0.3, 0.4) is 0 Å². The number of nitrogens with zero attached hydrogens (tertiary/aromatic N) is 3. The Bertz CT molecular complexity index is 1230. The number of benzene rings is 1. The van der Waals surface area contributed by atoms with Crippen molar-refractivity contribution >= 4 is 33.7 Å². The number of urea groups is 1. The third-order valence-corrected chi connectivity index (χ3v) is 6.05. The van der Waals surface area contributed by atoms with Crippen LogP contribution in [-0.4, -0.2) is 38.9 Å². The van der Waals surface area contributed by atoms with E-state index in [2.05, 4.69) is 26.4 Å². The van der Waals surface area contributed by atoms with Gasteiger partial charge in [0.25, 0.3) is 5.91 Å². The average molecular weight is 485 g/mol. The van der Waals surface area contributed by atoms with E-state index in [-0.39, 0.29) is 12.3 Å². The first-order valence-corrected chi connectivity index (χ1v) is 10.5. The normalized spacial score (nSPS) is 18.5. The van der Waals surface area contributed by atoms with Crippen LogP contribution < -0.4 is 5.32 Å². The van der Waals surface area contributed by atoms with Gasteiger partial charge in [-0.1, -0.05) is 33.2 Å². The fourth-order valence-corrected chi connectivity index (χ4v) is 4.32. The van der Waals surface area contributed by atoms with Gasteiger partial charge in [0.2, 0.25) is 0 Å². The molecule has 8 nitrogen and oxygen atoms in total. The summed E-state index contributed by atoms with van der Waals surface area (Å²) in [5.41, 5.74) is 1.28. The molecule has 1 saturated heterocycles. The molecule has 0 aliphatic carbocycles. The smallest absolute Gasteiger partial charge is 0.325 e. The molecule has 1 aliphatic heterocycles. The van der Waals surface area contributed by atoms with Crippen LogP contribution in [-0.2, 0) is 10.3 Å². The number of halogens is 1. The predicted molar refractivity (Wildman–Crippen MR) is 116 cm³/mol. The fraction of sp³-hybridized carbons (Fsp3) is 0.273. The standard InChI is InChI=1S/C22H21BrN4O4/c1-12-8-17(14(3)27(12)19-9-13(2)31-25-19)18(28)11-26-20(29)22(4,24-21(26)30)15-6-5-7-16(23)10-15/h5-10H,11H2,1-4H3,(H,24,30)/t22-/m1/s1. The maximum atomic E-state index is 13.1. The van der Waals surface area contributed by atoms with E-state index < -0.39 is 17.5 Å². The van der Waals surface area contributed by atoms with Crippen molar-refractivity contribution in [2.45, 2.75) is 33.2 Å². The van der Waals surface area contributed by atoms with E-state index in [1.165, 1.54) is 0 Å². The Kier molecular flexibility index (Phi) is 5.09. The summed E-state index contributed by atoms with van der Waals surface area (Å²) >= 11 is 3.39. The van der Waals surface area contributed by atoms with E-state index in [4.69, 9.17) is 4.52 Å². The van der Waals surface area contributed by atoms with Gasteiger partial charge < -0.3 is 9.84 Å². The van der Waals surface area contributed by atoms with E-state index in [0.29, 0.717) is 28.4 Å². The van der Waals surface area contributed by atoms with Crippen LogP contribution in [0, 0.1) is 20.8 Å². The number of aromatic nitrogens is 2. The first-order valence-electron chi connectivity index (χ1n) is 9.68. The van der Waals surface area contributed by atoms with E-state index >= 15 is 0 Å². The number of carbonyl (C=O) groups is 3. The number of amides is 3. The topological polar surface area (TPSA) is 97.4 Å². The van der Waals surface area contributed by atoms with Crippen molar-refractivity contribution < 1.29 is 18.9 Å². The largest absolute Gasteiger partial charge is 0.360 e. The summed E-state index contributed by atoms with van der Waals surface area (Å²) in [7, 11) is 0. The van der Waals surface area contributed by atoms with Gasteiger partial charge in [-0.05, 0) is 51.5 Å². The molecule has 31 heavy (non-hydrogen) atoms. The number of hydrogen-bond donors (Lipinski definition) is 1. The Morgan fingerprint density at radius 3 is 2.58 bits per heavy atom. The molecule has 3 aromatic rings. The van der Waals surface area contributed by atoms with Gasteiger partial charge in [0.05, 0.1) is 6.54 Å². The molecule has 1 atom stereocenters. The maximum Gasteiger partial charge on any atom is 0.325 e. The third kappa shape index (κ3) is 3.48. The summed E-state index contributed by atoms with van der Waals surface area (Å²) in [6.07, 6.45) is 0. The molecule has 160 valence electrons. The Balaban J connectivity index is 1.61. The Labute approximate surface area is 187 Å². The molecular formula is C22H21BrN4O4. The zero-order valence-corrected chi connectivity index (χ0v) is 19.1. The number of nitrogens with one attached hydrogen (secondary N) is 1. The fourth-order valence-electron chi connectivity index (χ4n) is 3.92. The van der Waals surface area contributed by atoms with Crippen LogP contribution in [0.15, 0.2) is 45.4 Å². The zero-order valence-electron chi connectivity index (χ0n) is 17.5. The molecule has 3 heterocycles. The summed E-state index contributed by atoms with van der Waals surface area (Å²) in [5.74, 6) is 0.428. The molecule has 1 aromatic carbocycles. The summed E-state index contributed by atoms with van der Waals surface area (Å²) in [6, 6.07) is 10.1. The maximum absolute atomic E-state index is 13.1. The van der Waals surface area contributed by atoms with Crippen molar-refractivity contribution in [1.29, 1.82) is 0 Å². The molecule has 0 bridgehead atoms. The molecule has 1 fully saturated rings. The van der Waals surface area contributed by atoms with Crippen LogP contribution in [0.4, 0.5) is 4.79 Å². The lowest BCUT2D eigenvalue weighted by Crippen LogP contribution is -2.41. The predicted octanol–water partition coefficient (Wildman–Crippen LogP) is 3.80. The summed E-state index contributed by atoms with van der Waals surface area (Å²) < 4.78 is 7.74. The number of Topliss-reactive ketones (excluding diaryl/α,β-unsaturated/α-hetero) is 1. The van der Waals surface area contributed by atoms with Crippen molar-refractivity contribution in [1.82, 2.24) is 19.9 Å². The highest BCUT2D eigenvalue weighted by Gasteiger charge is 2.49. The van der Waals surface area contributed by atoms with Crippen LogP contribution >= 0.6 is 15.9 Å². The zero-order chi connectivity index (χ0) is 22.5. The monoisotopic (exact) mass is 484 g/mol. The van der Waals surface area contributed by atoms with Crippen molar-refractivity contribution in [2.24, 2.45) is 0 Å². The van der Waals surface area contributed by atoms with Crippen molar-refractivity contribution in [3.63, 3.8) is 0 Å². The first kappa shape index (κ1) is 21.0. The van der Waals surface area contributed by atoms with Gasteiger partial charge in [-0.25, -0.2) is 4.79 Å². The Hall–Kier alpha value is -3.20. The molecular weight excluding hydrogens is 464 g/mol. The number of imide groups is 1. The first-order chi connectivity index (χ1) is 14.6. The number of hydrogen-bond acceptors (Lipinski definition) is 5. The second-order valence-corrected chi connectivity index (χ2v) is 8.71. The highest BCUT2D eigenvalue weighted by atomic mass is 79.9. The number of rotatable bonds is 5. The van der Waals surface area contributed by atoms with Gasteiger partial charge in [-0.15, -0.1) is 0 Å². The minimum absolute atomic E-state index is 0.332. The van der Waals surface area contributed by atoms with Crippen molar-refractivity contribution in [2.75, 3.05) is 6.54 Å². The molecule has 1 N–H and O–H groups in total. The van der Waals surface area contributed by atoms with Crippen LogP contribution in [0.1, 0.15) is 40.0 Å². The van der Waals surface area contributed by atoms with Crippen LogP contribution in [0.5, 0.6) is 0 Å². The third-order valence-electron chi connectivity index (χ3n) is 5.55. The minimum Gasteiger partial charge on any atom is -0.360 e. The minimum atomic E-state index is -1.24. The van der Waals surface area contributed by atoms with Gasteiger partial charge in [-0.2, -0.15) is 0 Å². The highest BCUT2D eigenvalue weighted by molar-refractivity contribution is 9.10. The SMILES string of the molecule is Cc1cc(-n2c(C)cc(C(=O)CN3C(=O)N[C@](C)(c4cccc(Br)c4)C3=O)c2C)no1. The van der Waals surface area contributed by atoms with Gasteiger partial charge in [0.15, 0.2) is 11.6 Å². The Morgan fingerprint density at radius 1 is 1.19 bits per heavy atom. The second kappa shape index (κ2) is 7.49. The quantitative estimate of drug-likeness (QED) is 0.438. The van der Waals surface area contributed by atoms with Crippen molar-refractivity contribution in [3.8, 4) is 5.82 Å². The van der Waals surface area contributed by atoms with Gasteiger partial charge in [0.1, 0.15) is 11.3 Å². The number of aryl methyl sites for hydroxylation is 2. The molecule has 1 aliphatic rings. The molecule has 0 radical (unpaired) electrons.